The van der Waals surface area contributed by atoms with Crippen LogP contribution in [-0.4, -0.2) is 47.0 Å². The Morgan fingerprint density at radius 2 is 1.65 bits per heavy atom. The van der Waals surface area contributed by atoms with Gasteiger partial charge in [-0.2, -0.15) is 0 Å². The third-order valence-corrected chi connectivity index (χ3v) is 5.59. The molecule has 2 fully saturated rings. The molecule has 1 aromatic heterocycles. The maximum Gasteiger partial charge on any atom is 0.225 e. The molecule has 5 nitrogen and oxygen atoms in total. The number of amides is 1. The Balaban J connectivity index is 1.39. The molecule has 2 heterocycles. The predicted molar refractivity (Wildman–Crippen MR) is 103 cm³/mol. The maximum absolute atomic E-state index is 12.7. The summed E-state index contributed by atoms with van der Waals surface area (Å²) in [6.45, 7) is 3.26. The lowest BCUT2D eigenvalue weighted by Gasteiger charge is -2.37. The van der Waals surface area contributed by atoms with Crippen molar-refractivity contribution < 1.29 is 4.79 Å². The number of aromatic nitrogens is 2. The molecule has 5 heteroatoms. The summed E-state index contributed by atoms with van der Waals surface area (Å²) in [6, 6.07) is 12.2. The molecular formula is C21H26N4O. The quantitative estimate of drug-likeness (QED) is 0.851. The third-order valence-electron chi connectivity index (χ3n) is 5.59. The van der Waals surface area contributed by atoms with Crippen molar-refractivity contribution in [3.8, 4) is 11.3 Å². The molecule has 136 valence electrons. The van der Waals surface area contributed by atoms with E-state index in [2.05, 4.69) is 31.9 Å². The second kappa shape index (κ2) is 7.85. The summed E-state index contributed by atoms with van der Waals surface area (Å²) in [4.78, 5) is 25.9. The van der Waals surface area contributed by atoms with E-state index in [9.17, 15) is 4.79 Å². The van der Waals surface area contributed by atoms with Crippen molar-refractivity contribution in [2.75, 3.05) is 31.1 Å². The van der Waals surface area contributed by atoms with E-state index in [-0.39, 0.29) is 5.92 Å². The molecule has 1 aliphatic heterocycles. The van der Waals surface area contributed by atoms with E-state index in [4.69, 9.17) is 0 Å². The van der Waals surface area contributed by atoms with Crippen LogP contribution in [0.3, 0.4) is 0 Å². The first-order valence-corrected chi connectivity index (χ1v) is 9.72. The van der Waals surface area contributed by atoms with Gasteiger partial charge in [-0.15, -0.1) is 0 Å². The lowest BCUT2D eigenvalue weighted by molar-refractivity contribution is -0.136. The number of carbonyl (C=O) groups is 1. The Labute approximate surface area is 155 Å². The first kappa shape index (κ1) is 17.0. The molecule has 1 amide bonds. The van der Waals surface area contributed by atoms with Crippen molar-refractivity contribution in [1.29, 1.82) is 0 Å². The third kappa shape index (κ3) is 3.71. The molecule has 1 aliphatic carbocycles. The second-order valence-electron chi connectivity index (χ2n) is 7.27. The maximum atomic E-state index is 12.7. The minimum absolute atomic E-state index is 0.263. The molecule has 0 unspecified atom stereocenters. The molecular weight excluding hydrogens is 324 g/mol. The zero-order valence-corrected chi connectivity index (χ0v) is 15.2. The first-order chi connectivity index (χ1) is 12.8. The Hall–Kier alpha value is -2.43. The Bertz CT molecular complexity index is 735. The van der Waals surface area contributed by atoms with E-state index in [1.807, 2.05) is 24.3 Å². The van der Waals surface area contributed by atoms with E-state index in [1.54, 1.807) is 6.33 Å². The summed E-state index contributed by atoms with van der Waals surface area (Å²) < 4.78 is 0. The number of benzene rings is 1. The largest absolute Gasteiger partial charge is 0.353 e. The number of carbonyl (C=O) groups excluding carboxylic acids is 1. The highest BCUT2D eigenvalue weighted by Gasteiger charge is 2.28. The van der Waals surface area contributed by atoms with Gasteiger partial charge in [0.05, 0.1) is 5.69 Å². The van der Waals surface area contributed by atoms with Gasteiger partial charge in [-0.3, -0.25) is 4.79 Å². The smallest absolute Gasteiger partial charge is 0.225 e. The molecule has 26 heavy (non-hydrogen) atoms. The van der Waals surface area contributed by atoms with E-state index in [0.717, 1.165) is 56.1 Å². The van der Waals surface area contributed by atoms with Gasteiger partial charge in [-0.1, -0.05) is 49.6 Å². The van der Waals surface area contributed by atoms with Crippen LogP contribution in [0.4, 0.5) is 5.82 Å². The molecule has 0 bridgehead atoms. The summed E-state index contributed by atoms with van der Waals surface area (Å²) in [5.74, 6) is 1.58. The molecule has 4 rings (SSSR count). The summed E-state index contributed by atoms with van der Waals surface area (Å²) in [6.07, 6.45) is 7.49. The number of rotatable bonds is 3. The van der Waals surface area contributed by atoms with Gasteiger partial charge in [0.15, 0.2) is 0 Å². The highest BCUT2D eigenvalue weighted by atomic mass is 16.2. The van der Waals surface area contributed by atoms with Gasteiger partial charge in [0.1, 0.15) is 12.1 Å². The lowest BCUT2D eigenvalue weighted by atomic mass is 9.88. The number of nitrogens with zero attached hydrogens (tertiary/aromatic N) is 4. The van der Waals surface area contributed by atoms with Crippen LogP contribution in [-0.2, 0) is 4.79 Å². The van der Waals surface area contributed by atoms with Crippen LogP contribution >= 0.6 is 0 Å². The number of hydrogen-bond acceptors (Lipinski definition) is 4. The normalized spacial score (nSPS) is 18.8. The van der Waals surface area contributed by atoms with Crippen LogP contribution in [0.5, 0.6) is 0 Å². The standard InChI is InChI=1S/C21H26N4O/c26-21(18-9-5-2-6-10-18)25-13-11-24(12-14-25)20-15-19(22-16-23-20)17-7-3-1-4-8-17/h1,3-4,7-8,15-16,18H,2,5-6,9-14H2. The van der Waals surface area contributed by atoms with Crippen molar-refractivity contribution in [3.63, 3.8) is 0 Å². The molecule has 1 aromatic carbocycles. The summed E-state index contributed by atoms with van der Waals surface area (Å²) >= 11 is 0. The Morgan fingerprint density at radius 1 is 0.923 bits per heavy atom. The van der Waals surface area contributed by atoms with Crippen molar-refractivity contribution in [2.24, 2.45) is 5.92 Å². The van der Waals surface area contributed by atoms with Gasteiger partial charge in [0.25, 0.3) is 0 Å². The fraction of sp³-hybridized carbons (Fsp3) is 0.476. The van der Waals surface area contributed by atoms with Gasteiger partial charge in [-0.25, -0.2) is 9.97 Å². The lowest BCUT2D eigenvalue weighted by Crippen LogP contribution is -2.50. The van der Waals surface area contributed by atoms with Gasteiger partial charge in [-0.05, 0) is 12.8 Å². The first-order valence-electron chi connectivity index (χ1n) is 9.72. The van der Waals surface area contributed by atoms with Gasteiger partial charge in [0, 0.05) is 43.7 Å². The van der Waals surface area contributed by atoms with Crippen LogP contribution in [0, 0.1) is 5.92 Å². The molecule has 0 N–H and O–H groups in total. The Kier molecular flexibility index (Phi) is 5.14. The summed E-state index contributed by atoms with van der Waals surface area (Å²) in [5, 5.41) is 0. The fourth-order valence-electron chi connectivity index (χ4n) is 4.05. The number of hydrogen-bond donors (Lipinski definition) is 0. The van der Waals surface area contributed by atoms with E-state index in [1.165, 1.54) is 19.3 Å². The Morgan fingerprint density at radius 3 is 2.38 bits per heavy atom. The number of anilines is 1. The van der Waals surface area contributed by atoms with Crippen LogP contribution in [0.15, 0.2) is 42.7 Å². The zero-order chi connectivity index (χ0) is 17.8. The molecule has 2 aliphatic rings. The minimum atomic E-state index is 0.263. The zero-order valence-electron chi connectivity index (χ0n) is 15.2. The van der Waals surface area contributed by atoms with E-state index >= 15 is 0 Å². The fourth-order valence-corrected chi connectivity index (χ4v) is 4.05. The summed E-state index contributed by atoms with van der Waals surface area (Å²) in [5.41, 5.74) is 2.04. The molecule has 0 spiro atoms. The van der Waals surface area contributed by atoms with Crippen LogP contribution in [0.1, 0.15) is 32.1 Å². The predicted octanol–water partition coefficient (Wildman–Crippen LogP) is 3.37. The van der Waals surface area contributed by atoms with Gasteiger partial charge < -0.3 is 9.80 Å². The van der Waals surface area contributed by atoms with Crippen molar-refractivity contribution in [3.05, 3.63) is 42.7 Å². The van der Waals surface area contributed by atoms with Crippen molar-refractivity contribution >= 4 is 11.7 Å². The minimum Gasteiger partial charge on any atom is -0.353 e. The molecule has 1 saturated heterocycles. The van der Waals surface area contributed by atoms with Gasteiger partial charge >= 0.3 is 0 Å². The molecule has 1 saturated carbocycles. The highest BCUT2D eigenvalue weighted by molar-refractivity contribution is 5.79. The summed E-state index contributed by atoms with van der Waals surface area (Å²) in [7, 11) is 0. The van der Waals surface area contributed by atoms with Crippen LogP contribution in [0.2, 0.25) is 0 Å². The molecule has 0 radical (unpaired) electrons. The van der Waals surface area contributed by atoms with Crippen molar-refractivity contribution in [2.45, 2.75) is 32.1 Å². The van der Waals surface area contributed by atoms with E-state index < -0.39 is 0 Å². The van der Waals surface area contributed by atoms with Gasteiger partial charge in [0.2, 0.25) is 5.91 Å². The van der Waals surface area contributed by atoms with E-state index in [0.29, 0.717) is 5.91 Å². The van der Waals surface area contributed by atoms with Crippen LogP contribution < -0.4 is 4.90 Å². The van der Waals surface area contributed by atoms with Crippen molar-refractivity contribution in [1.82, 2.24) is 14.9 Å². The SMILES string of the molecule is O=C(C1CCCCC1)N1CCN(c2cc(-c3ccccc3)ncn2)CC1. The monoisotopic (exact) mass is 350 g/mol. The second-order valence-corrected chi connectivity index (χ2v) is 7.27. The highest BCUT2D eigenvalue weighted by Crippen LogP contribution is 2.26. The topological polar surface area (TPSA) is 49.3 Å². The molecule has 2 aromatic rings. The average Bonchev–Trinajstić information content (AvgIpc) is 2.75. The molecule has 0 atom stereocenters. The van der Waals surface area contributed by atoms with Crippen LogP contribution in [0.25, 0.3) is 11.3 Å². The number of piperazine rings is 1. The average molecular weight is 350 g/mol.